The topological polar surface area (TPSA) is 91.8 Å². The van der Waals surface area contributed by atoms with Crippen LogP contribution in [0.2, 0.25) is 4.34 Å². The number of pyridine rings is 1. The number of carbonyl (C=O) groups is 2. The Morgan fingerprint density at radius 2 is 2.11 bits per heavy atom. The van der Waals surface area contributed by atoms with Crippen molar-refractivity contribution >= 4 is 34.9 Å². The highest BCUT2D eigenvalue weighted by Crippen LogP contribution is 2.30. The number of carbonyl (C=O) groups excluding carboxylic acids is 1. The molecule has 0 spiro atoms. The second-order valence-corrected chi connectivity index (χ2v) is 8.43. The number of rotatable bonds is 6. The molecular formula is C19H22ClN3O4S. The van der Waals surface area contributed by atoms with Crippen LogP contribution >= 0.6 is 22.9 Å². The summed E-state index contributed by atoms with van der Waals surface area (Å²) in [6.07, 6.45) is 3.08. The highest BCUT2D eigenvalue weighted by Gasteiger charge is 2.27. The number of nitrogens with one attached hydrogen (secondary N) is 1. The molecule has 28 heavy (non-hydrogen) atoms. The minimum atomic E-state index is -0.878. The molecule has 2 amide bonds. The van der Waals surface area contributed by atoms with Crippen LogP contribution in [0.4, 0.5) is 4.79 Å². The highest BCUT2D eigenvalue weighted by molar-refractivity contribution is 7.18. The van der Waals surface area contributed by atoms with Crippen LogP contribution in [0.15, 0.2) is 30.5 Å². The zero-order chi connectivity index (χ0) is 20.1. The summed E-state index contributed by atoms with van der Waals surface area (Å²) < 4.78 is 5.68. The first kappa shape index (κ1) is 20.4. The van der Waals surface area contributed by atoms with E-state index in [1.165, 1.54) is 16.2 Å². The lowest BCUT2D eigenvalue weighted by Crippen LogP contribution is -2.39. The van der Waals surface area contributed by atoms with Gasteiger partial charge in [-0.05, 0) is 42.9 Å². The Labute approximate surface area is 172 Å². The number of thiophene rings is 1. The van der Waals surface area contributed by atoms with Gasteiger partial charge in [0, 0.05) is 25.4 Å². The predicted molar refractivity (Wildman–Crippen MR) is 107 cm³/mol. The molecule has 0 aliphatic carbocycles. The molecular weight excluding hydrogens is 402 g/mol. The third-order valence-corrected chi connectivity index (χ3v) is 6.16. The molecule has 7 nitrogen and oxygen atoms in total. The van der Waals surface area contributed by atoms with Gasteiger partial charge in [0.05, 0.1) is 22.4 Å². The van der Waals surface area contributed by atoms with Crippen molar-refractivity contribution in [3.8, 4) is 5.88 Å². The molecule has 9 heteroatoms. The van der Waals surface area contributed by atoms with E-state index >= 15 is 0 Å². The first-order valence-electron chi connectivity index (χ1n) is 9.00. The summed E-state index contributed by atoms with van der Waals surface area (Å²) in [4.78, 5) is 30.0. The Morgan fingerprint density at radius 3 is 2.64 bits per heavy atom. The number of likely N-dealkylation sites (tertiary alicyclic amines) is 1. The number of hydrogen-bond acceptors (Lipinski definition) is 5. The Balaban J connectivity index is 1.72. The lowest BCUT2D eigenvalue weighted by Gasteiger charge is -2.32. The van der Waals surface area contributed by atoms with E-state index in [1.54, 1.807) is 31.5 Å². The molecule has 1 aliphatic heterocycles. The van der Waals surface area contributed by atoms with Crippen molar-refractivity contribution in [1.29, 1.82) is 0 Å². The van der Waals surface area contributed by atoms with Gasteiger partial charge in [0.25, 0.3) is 5.91 Å². The molecule has 2 aromatic rings. The smallest absolute Gasteiger partial charge is 0.407 e. The van der Waals surface area contributed by atoms with Crippen molar-refractivity contribution in [1.82, 2.24) is 15.2 Å². The van der Waals surface area contributed by atoms with Crippen LogP contribution in [0.3, 0.4) is 0 Å². The van der Waals surface area contributed by atoms with Crippen LogP contribution in [0.25, 0.3) is 0 Å². The zero-order valence-corrected chi connectivity index (χ0v) is 17.0. The number of carboxylic acid groups (broad SMARTS) is 1. The van der Waals surface area contributed by atoms with Gasteiger partial charge in [-0.1, -0.05) is 17.7 Å². The van der Waals surface area contributed by atoms with Crippen molar-refractivity contribution < 1.29 is 19.4 Å². The van der Waals surface area contributed by atoms with Gasteiger partial charge in [-0.25, -0.2) is 9.78 Å². The van der Waals surface area contributed by atoms with Crippen LogP contribution < -0.4 is 10.1 Å². The van der Waals surface area contributed by atoms with Crippen LogP contribution in [0, 0.1) is 5.92 Å². The van der Waals surface area contributed by atoms with Gasteiger partial charge in [-0.3, -0.25) is 4.79 Å². The van der Waals surface area contributed by atoms with Crippen molar-refractivity contribution in [2.45, 2.75) is 25.3 Å². The van der Waals surface area contributed by atoms with Crippen molar-refractivity contribution in [2.75, 3.05) is 20.2 Å². The van der Waals surface area contributed by atoms with Gasteiger partial charge in [0.2, 0.25) is 5.88 Å². The molecule has 1 aliphatic rings. The normalized spacial score (nSPS) is 15.9. The van der Waals surface area contributed by atoms with Crippen LogP contribution in [-0.2, 0) is 0 Å². The number of methoxy groups -OCH3 is 1. The molecule has 0 unspecified atom stereocenters. The Kier molecular flexibility index (Phi) is 6.74. The summed E-state index contributed by atoms with van der Waals surface area (Å²) >= 11 is 7.18. The number of piperidine rings is 1. The second kappa shape index (κ2) is 9.25. The third-order valence-electron chi connectivity index (χ3n) is 4.93. The van der Waals surface area contributed by atoms with E-state index < -0.39 is 6.09 Å². The SMILES string of the molecule is COc1ccc([C@H](CC2CCN(C(=O)O)CC2)NC(=O)c2ccc(Cl)s2)cn1. The monoisotopic (exact) mass is 423 g/mol. The molecule has 2 N–H and O–H groups in total. The molecule has 1 atom stereocenters. The minimum absolute atomic E-state index is 0.180. The van der Waals surface area contributed by atoms with Gasteiger partial charge < -0.3 is 20.1 Å². The molecule has 0 bridgehead atoms. The maximum atomic E-state index is 12.7. The summed E-state index contributed by atoms with van der Waals surface area (Å²) in [5, 5.41) is 12.2. The van der Waals surface area contributed by atoms with Crippen molar-refractivity contribution in [2.24, 2.45) is 5.92 Å². The molecule has 1 saturated heterocycles. The Morgan fingerprint density at radius 1 is 1.36 bits per heavy atom. The summed E-state index contributed by atoms with van der Waals surface area (Å²) in [6, 6.07) is 6.84. The average molecular weight is 424 g/mol. The lowest BCUT2D eigenvalue weighted by atomic mass is 9.88. The molecule has 150 valence electrons. The number of amides is 2. The zero-order valence-electron chi connectivity index (χ0n) is 15.4. The molecule has 3 rings (SSSR count). The maximum Gasteiger partial charge on any atom is 0.407 e. The Bertz CT molecular complexity index is 819. The first-order valence-corrected chi connectivity index (χ1v) is 10.2. The van der Waals surface area contributed by atoms with Crippen LogP contribution in [-0.4, -0.2) is 47.2 Å². The second-order valence-electron chi connectivity index (χ2n) is 6.71. The quantitative estimate of drug-likeness (QED) is 0.731. The lowest BCUT2D eigenvalue weighted by molar-refractivity contribution is 0.0926. The summed E-state index contributed by atoms with van der Waals surface area (Å²) in [5.41, 5.74) is 0.887. The average Bonchev–Trinajstić information content (AvgIpc) is 3.14. The summed E-state index contributed by atoms with van der Waals surface area (Å²) in [6.45, 7) is 1.03. The van der Waals surface area contributed by atoms with Crippen LogP contribution in [0.5, 0.6) is 5.88 Å². The van der Waals surface area contributed by atoms with E-state index in [2.05, 4.69) is 10.3 Å². The Hall–Kier alpha value is -2.32. The number of nitrogens with zero attached hydrogens (tertiary/aromatic N) is 2. The van der Waals surface area contributed by atoms with E-state index in [9.17, 15) is 9.59 Å². The van der Waals surface area contributed by atoms with Crippen molar-refractivity contribution in [3.05, 3.63) is 45.2 Å². The van der Waals surface area contributed by atoms with Gasteiger partial charge in [0.15, 0.2) is 0 Å². The molecule has 0 saturated carbocycles. The van der Waals surface area contributed by atoms with Crippen LogP contribution in [0.1, 0.15) is 40.5 Å². The molecule has 2 aromatic heterocycles. The number of aromatic nitrogens is 1. The van der Waals surface area contributed by atoms with Gasteiger partial charge in [0.1, 0.15) is 0 Å². The highest BCUT2D eigenvalue weighted by atomic mass is 35.5. The van der Waals surface area contributed by atoms with E-state index in [0.29, 0.717) is 40.5 Å². The number of hydrogen-bond donors (Lipinski definition) is 2. The molecule has 3 heterocycles. The van der Waals surface area contributed by atoms with Gasteiger partial charge in [-0.2, -0.15) is 0 Å². The summed E-state index contributed by atoms with van der Waals surface area (Å²) in [5.74, 6) is 0.643. The molecule has 0 aromatic carbocycles. The predicted octanol–water partition coefficient (Wildman–Crippen LogP) is 4.06. The fraction of sp³-hybridized carbons (Fsp3) is 0.421. The minimum Gasteiger partial charge on any atom is -0.481 e. The summed E-state index contributed by atoms with van der Waals surface area (Å²) in [7, 11) is 1.55. The van der Waals surface area contributed by atoms with E-state index in [-0.39, 0.29) is 11.9 Å². The molecule has 0 radical (unpaired) electrons. The standard InChI is InChI=1S/C19H22ClN3O4S/c1-27-17-5-2-13(11-21-17)14(22-18(24)15-3-4-16(20)28-15)10-12-6-8-23(9-7-12)19(25)26/h2-5,11-12,14H,6-10H2,1H3,(H,22,24)(H,25,26)/t14-/m0/s1. The fourth-order valence-electron chi connectivity index (χ4n) is 3.36. The van der Waals surface area contributed by atoms with E-state index in [0.717, 1.165) is 18.4 Å². The number of ether oxygens (including phenoxy) is 1. The number of halogens is 1. The first-order chi connectivity index (χ1) is 13.5. The van der Waals surface area contributed by atoms with Gasteiger partial charge >= 0.3 is 6.09 Å². The van der Waals surface area contributed by atoms with Gasteiger partial charge in [-0.15, -0.1) is 11.3 Å². The third kappa shape index (κ3) is 5.14. The van der Waals surface area contributed by atoms with E-state index in [1.807, 2.05) is 6.07 Å². The van der Waals surface area contributed by atoms with E-state index in [4.69, 9.17) is 21.4 Å². The fourth-order valence-corrected chi connectivity index (χ4v) is 4.30. The largest absolute Gasteiger partial charge is 0.481 e. The maximum absolute atomic E-state index is 12.7. The van der Waals surface area contributed by atoms with Crippen molar-refractivity contribution in [3.63, 3.8) is 0 Å². The molecule has 1 fully saturated rings.